The van der Waals surface area contributed by atoms with Crippen LogP contribution in [0.1, 0.15) is 19.8 Å². The van der Waals surface area contributed by atoms with Crippen LogP contribution in [0.3, 0.4) is 0 Å². The maximum Gasteiger partial charge on any atom is 0.273 e. The van der Waals surface area contributed by atoms with E-state index in [0.29, 0.717) is 24.5 Å². The normalized spacial score (nSPS) is 24.2. The van der Waals surface area contributed by atoms with Crippen molar-refractivity contribution in [1.82, 2.24) is 0 Å². The number of rotatable bonds is 7. The van der Waals surface area contributed by atoms with Crippen molar-refractivity contribution in [3.8, 4) is 11.5 Å². The average molecular weight is 296 g/mol. The van der Waals surface area contributed by atoms with E-state index in [1.165, 1.54) is 25.3 Å². The Hall–Kier alpha value is -1.86. The topological polar surface area (TPSA) is 96.9 Å². The third kappa shape index (κ3) is 3.43. The maximum atomic E-state index is 10.8. The first-order chi connectivity index (χ1) is 10.1. The highest BCUT2D eigenvalue weighted by molar-refractivity contribution is 5.48. The molecule has 1 saturated carbocycles. The third-order valence-corrected chi connectivity index (χ3v) is 3.44. The van der Waals surface area contributed by atoms with Gasteiger partial charge in [-0.3, -0.25) is 10.1 Å². The van der Waals surface area contributed by atoms with Crippen molar-refractivity contribution < 1.29 is 19.1 Å². The zero-order chi connectivity index (χ0) is 15.4. The summed E-state index contributed by atoms with van der Waals surface area (Å²) in [5.74, 6) is 0.795. The van der Waals surface area contributed by atoms with E-state index < -0.39 is 4.92 Å². The first kappa shape index (κ1) is 15.5. The van der Waals surface area contributed by atoms with Crippen molar-refractivity contribution in [3.05, 3.63) is 28.3 Å². The summed E-state index contributed by atoms with van der Waals surface area (Å²) in [5.41, 5.74) is 5.87. The summed E-state index contributed by atoms with van der Waals surface area (Å²) >= 11 is 0. The number of nitrogens with two attached hydrogens (primary N) is 1. The molecule has 1 aromatic carbocycles. The molecule has 1 aromatic rings. The van der Waals surface area contributed by atoms with Crippen LogP contribution in [0.15, 0.2) is 18.2 Å². The number of benzene rings is 1. The highest BCUT2D eigenvalue weighted by Gasteiger charge is 2.42. The van der Waals surface area contributed by atoms with E-state index >= 15 is 0 Å². The molecule has 0 bridgehead atoms. The Morgan fingerprint density at radius 1 is 1.43 bits per heavy atom. The SMILES string of the molecule is CCCOC1C(N)CC1Oc1cc([N+](=O)[O-])ccc1OC. The van der Waals surface area contributed by atoms with Gasteiger partial charge in [0.1, 0.15) is 12.2 Å². The molecule has 116 valence electrons. The highest BCUT2D eigenvalue weighted by atomic mass is 16.6. The summed E-state index contributed by atoms with van der Waals surface area (Å²) in [6, 6.07) is 4.20. The fourth-order valence-electron chi connectivity index (χ4n) is 2.25. The van der Waals surface area contributed by atoms with Crippen LogP contribution in [0.5, 0.6) is 11.5 Å². The molecular formula is C14H20N2O5. The van der Waals surface area contributed by atoms with Gasteiger partial charge in [-0.2, -0.15) is 0 Å². The lowest BCUT2D eigenvalue weighted by atomic mass is 9.86. The summed E-state index contributed by atoms with van der Waals surface area (Å²) in [7, 11) is 1.49. The summed E-state index contributed by atoms with van der Waals surface area (Å²) in [4.78, 5) is 10.4. The van der Waals surface area contributed by atoms with Crippen LogP contribution in [0.4, 0.5) is 5.69 Å². The minimum atomic E-state index is -0.468. The second kappa shape index (κ2) is 6.73. The third-order valence-electron chi connectivity index (χ3n) is 3.44. The fraction of sp³-hybridized carbons (Fsp3) is 0.571. The molecule has 0 amide bonds. The van der Waals surface area contributed by atoms with Crippen LogP contribution < -0.4 is 15.2 Å². The van der Waals surface area contributed by atoms with Gasteiger partial charge < -0.3 is 19.9 Å². The van der Waals surface area contributed by atoms with Crippen LogP contribution in [0.2, 0.25) is 0 Å². The van der Waals surface area contributed by atoms with Gasteiger partial charge in [0.25, 0.3) is 5.69 Å². The Kier molecular flexibility index (Phi) is 4.98. The average Bonchev–Trinajstić information content (AvgIpc) is 2.46. The monoisotopic (exact) mass is 296 g/mol. The molecule has 2 rings (SSSR count). The summed E-state index contributed by atoms with van der Waals surface area (Å²) in [6.45, 7) is 2.63. The van der Waals surface area contributed by atoms with Crippen molar-refractivity contribution in [2.75, 3.05) is 13.7 Å². The molecule has 0 aliphatic heterocycles. The van der Waals surface area contributed by atoms with Gasteiger partial charge in [-0.25, -0.2) is 0 Å². The Balaban J connectivity index is 2.11. The second-order valence-electron chi connectivity index (χ2n) is 4.98. The smallest absolute Gasteiger partial charge is 0.273 e. The number of methoxy groups -OCH3 is 1. The number of nitro benzene ring substituents is 1. The molecule has 1 fully saturated rings. The largest absolute Gasteiger partial charge is 0.493 e. The Morgan fingerprint density at radius 2 is 2.19 bits per heavy atom. The lowest BCUT2D eigenvalue weighted by Gasteiger charge is -2.41. The van der Waals surface area contributed by atoms with Crippen molar-refractivity contribution in [3.63, 3.8) is 0 Å². The molecule has 2 N–H and O–H groups in total. The molecule has 1 aliphatic rings. The Labute approximate surface area is 123 Å². The number of nitrogens with zero attached hydrogens (tertiary/aromatic N) is 1. The zero-order valence-corrected chi connectivity index (χ0v) is 12.2. The van der Waals surface area contributed by atoms with Crippen molar-refractivity contribution in [2.45, 2.75) is 38.0 Å². The maximum absolute atomic E-state index is 10.8. The zero-order valence-electron chi connectivity index (χ0n) is 12.2. The Morgan fingerprint density at radius 3 is 2.76 bits per heavy atom. The predicted molar refractivity (Wildman–Crippen MR) is 76.7 cm³/mol. The first-order valence-corrected chi connectivity index (χ1v) is 6.93. The van der Waals surface area contributed by atoms with E-state index in [4.69, 9.17) is 19.9 Å². The molecule has 7 heteroatoms. The summed E-state index contributed by atoms with van der Waals surface area (Å²) in [5, 5.41) is 10.8. The van der Waals surface area contributed by atoms with E-state index in [0.717, 1.165) is 6.42 Å². The minimum absolute atomic E-state index is 0.0413. The minimum Gasteiger partial charge on any atom is -0.493 e. The van der Waals surface area contributed by atoms with Crippen LogP contribution in [0.25, 0.3) is 0 Å². The molecule has 0 heterocycles. The molecule has 3 atom stereocenters. The lowest BCUT2D eigenvalue weighted by molar-refractivity contribution is -0.385. The molecular weight excluding hydrogens is 276 g/mol. The van der Waals surface area contributed by atoms with Gasteiger partial charge in [0.15, 0.2) is 11.5 Å². The lowest BCUT2D eigenvalue weighted by Crippen LogP contribution is -2.59. The van der Waals surface area contributed by atoms with Crippen LogP contribution in [0, 0.1) is 10.1 Å². The summed E-state index contributed by atoms with van der Waals surface area (Å²) in [6.07, 6.45) is 1.16. The van der Waals surface area contributed by atoms with E-state index in [1.54, 1.807) is 0 Å². The molecule has 21 heavy (non-hydrogen) atoms. The van der Waals surface area contributed by atoms with Gasteiger partial charge in [0.2, 0.25) is 0 Å². The molecule has 0 aromatic heterocycles. The quantitative estimate of drug-likeness (QED) is 0.609. The van der Waals surface area contributed by atoms with Gasteiger partial charge in [-0.15, -0.1) is 0 Å². The van der Waals surface area contributed by atoms with Crippen LogP contribution in [-0.2, 0) is 4.74 Å². The van der Waals surface area contributed by atoms with Gasteiger partial charge in [-0.05, 0) is 12.5 Å². The number of ether oxygens (including phenoxy) is 3. The van der Waals surface area contributed by atoms with E-state index in [2.05, 4.69) is 0 Å². The van der Waals surface area contributed by atoms with Gasteiger partial charge >= 0.3 is 0 Å². The Bertz CT molecular complexity index is 508. The number of non-ortho nitro benzene ring substituents is 1. The molecule has 3 unspecified atom stereocenters. The standard InChI is InChI=1S/C14H20N2O5/c1-3-6-20-14-10(15)8-13(14)21-12-7-9(16(17)18)4-5-11(12)19-2/h4-5,7,10,13-14H,3,6,8,15H2,1-2H3. The molecule has 0 radical (unpaired) electrons. The van der Waals surface area contributed by atoms with E-state index in [9.17, 15) is 10.1 Å². The van der Waals surface area contributed by atoms with Gasteiger partial charge in [0.05, 0.1) is 18.1 Å². The van der Waals surface area contributed by atoms with Gasteiger partial charge in [-0.1, -0.05) is 6.92 Å². The molecule has 0 spiro atoms. The van der Waals surface area contributed by atoms with Crippen molar-refractivity contribution >= 4 is 5.69 Å². The highest BCUT2D eigenvalue weighted by Crippen LogP contribution is 2.35. The van der Waals surface area contributed by atoms with Crippen molar-refractivity contribution in [1.29, 1.82) is 0 Å². The molecule has 1 aliphatic carbocycles. The van der Waals surface area contributed by atoms with E-state index in [-0.39, 0.29) is 23.9 Å². The number of hydrogen-bond acceptors (Lipinski definition) is 6. The molecule has 7 nitrogen and oxygen atoms in total. The molecule has 0 saturated heterocycles. The first-order valence-electron chi connectivity index (χ1n) is 6.93. The summed E-state index contributed by atoms with van der Waals surface area (Å²) < 4.78 is 16.6. The van der Waals surface area contributed by atoms with Gasteiger partial charge in [0, 0.05) is 25.1 Å². The number of nitro groups is 1. The van der Waals surface area contributed by atoms with Crippen LogP contribution >= 0.6 is 0 Å². The fourth-order valence-corrected chi connectivity index (χ4v) is 2.25. The van der Waals surface area contributed by atoms with Crippen LogP contribution in [-0.4, -0.2) is 36.9 Å². The number of hydrogen-bond donors (Lipinski definition) is 1. The predicted octanol–water partition coefficient (Wildman–Crippen LogP) is 1.88. The second-order valence-corrected chi connectivity index (χ2v) is 4.98. The van der Waals surface area contributed by atoms with E-state index in [1.807, 2.05) is 6.92 Å². The van der Waals surface area contributed by atoms with Crippen molar-refractivity contribution in [2.24, 2.45) is 5.73 Å².